The second-order valence-electron chi connectivity index (χ2n) is 15.0. The minimum Gasteiger partial charge on any atom is -0.480 e. The van der Waals surface area contributed by atoms with Crippen molar-refractivity contribution in [1.82, 2.24) is 24.7 Å². The molecule has 2 aliphatic rings. The third kappa shape index (κ3) is 14.7. The molecule has 5 N–H and O–H groups in total. The van der Waals surface area contributed by atoms with Gasteiger partial charge in [0.15, 0.2) is 13.2 Å². The van der Waals surface area contributed by atoms with Crippen LogP contribution >= 0.6 is 23.2 Å². The van der Waals surface area contributed by atoms with Gasteiger partial charge in [-0.2, -0.15) is 15.0 Å². The first-order valence-electron chi connectivity index (χ1n) is 21.9. The summed E-state index contributed by atoms with van der Waals surface area (Å²) < 4.78 is 61.6. The fourth-order valence-electron chi connectivity index (χ4n) is 6.74. The van der Waals surface area contributed by atoms with Crippen molar-refractivity contribution in [1.29, 1.82) is 0 Å². The second-order valence-corrected chi connectivity index (χ2v) is 17.5. The van der Waals surface area contributed by atoms with Crippen LogP contribution in [0.2, 0.25) is 10.0 Å². The van der Waals surface area contributed by atoms with Gasteiger partial charge in [0.1, 0.15) is 27.7 Å². The lowest BCUT2D eigenvalue weighted by atomic mass is 9.93. The number of aromatic carboxylic acids is 1. The Bertz CT molecular complexity index is 2970. The molecule has 0 atom stereocenters. The van der Waals surface area contributed by atoms with Gasteiger partial charge in [-0.15, -0.1) is 0 Å². The number of nitrogens with one attached hydrogen (secondary N) is 3. The summed E-state index contributed by atoms with van der Waals surface area (Å²) in [6.45, 7) is 3.50. The maximum atomic E-state index is 14.5. The number of ether oxygens (including phenoxy) is 4. The summed E-state index contributed by atoms with van der Waals surface area (Å²) >= 11 is 12.0. The molecule has 0 fully saturated rings. The van der Waals surface area contributed by atoms with Crippen molar-refractivity contribution in [2.24, 2.45) is 0 Å². The molecule has 0 radical (unpaired) electrons. The highest BCUT2D eigenvalue weighted by atomic mass is 35.5. The summed E-state index contributed by atoms with van der Waals surface area (Å²) in [5.41, 5.74) is 0.762. The minimum atomic E-state index is -4.45. The number of halogens is 3. The summed E-state index contributed by atoms with van der Waals surface area (Å²) in [6, 6.07) is 12.6. The molecule has 0 bridgehead atoms. The van der Waals surface area contributed by atoms with Crippen molar-refractivity contribution in [2.45, 2.75) is 63.7 Å². The van der Waals surface area contributed by atoms with Gasteiger partial charge in [-0.05, 0) is 81.5 Å². The molecule has 4 amide bonds. The number of benzene rings is 3. The summed E-state index contributed by atoms with van der Waals surface area (Å²) in [5, 5.41) is 23.6. The SMILES string of the molecule is CCCCCOC(=O)COc1cc(N2C(=O)C3=C(CCCC3)C2=O)c(F)cc1Cl.CCOc1nc(NC)nc(NC(=O)NS(=O)(=O)c2ccccc2C(=O)O)n1.O=C(O)COc1ccc(Cl)c2cccnc12. The number of carbonyl (C=O) groups is 6. The number of esters is 1. The van der Waals surface area contributed by atoms with Gasteiger partial charge in [0.2, 0.25) is 11.9 Å². The summed E-state index contributed by atoms with van der Waals surface area (Å²) in [6.07, 6.45) is 7.00. The fraction of sp³-hybridized carbons (Fsp3) is 0.304. The van der Waals surface area contributed by atoms with E-state index in [1.807, 2.05) is 6.92 Å². The molecule has 1 aliphatic carbocycles. The molecule has 3 aromatic carbocycles. The Morgan fingerprint density at radius 2 is 1.50 bits per heavy atom. The van der Waals surface area contributed by atoms with Crippen molar-refractivity contribution in [3.63, 3.8) is 0 Å². The molecule has 0 saturated carbocycles. The number of pyridine rings is 1. The molecule has 3 heterocycles. The van der Waals surface area contributed by atoms with Gasteiger partial charge in [0.25, 0.3) is 21.8 Å². The van der Waals surface area contributed by atoms with Gasteiger partial charge in [-0.1, -0.05) is 55.1 Å². The van der Waals surface area contributed by atoms with Crippen LogP contribution in [0.15, 0.2) is 82.9 Å². The second kappa shape index (κ2) is 26.0. The van der Waals surface area contributed by atoms with E-state index in [1.165, 1.54) is 25.2 Å². The van der Waals surface area contributed by atoms with Crippen LogP contribution in [0.5, 0.6) is 17.5 Å². The quantitative estimate of drug-likeness (QED) is 0.0329. The lowest BCUT2D eigenvalue weighted by molar-refractivity contribution is -0.146. The predicted molar refractivity (Wildman–Crippen MR) is 259 cm³/mol. The van der Waals surface area contributed by atoms with Crippen molar-refractivity contribution in [3.05, 3.63) is 99.4 Å². The lowest BCUT2D eigenvalue weighted by Crippen LogP contribution is -2.35. The first-order valence-corrected chi connectivity index (χ1v) is 24.1. The number of fused-ring (bicyclic) bond motifs is 1. The molecule has 5 aromatic rings. The average Bonchev–Trinajstić information content (AvgIpc) is 3.60. The molecule has 382 valence electrons. The van der Waals surface area contributed by atoms with Crippen LogP contribution in [-0.4, -0.2) is 108 Å². The monoisotopic (exact) mass is 1060 g/mol. The van der Waals surface area contributed by atoms with E-state index in [4.69, 9.17) is 52.4 Å². The number of hydrogen-bond acceptors (Lipinski definition) is 17. The molecule has 1 aliphatic heterocycles. The van der Waals surface area contributed by atoms with Crippen molar-refractivity contribution in [3.8, 4) is 17.5 Å². The van der Waals surface area contributed by atoms with Crippen molar-refractivity contribution >= 4 is 97.5 Å². The molecule has 0 saturated heterocycles. The van der Waals surface area contributed by atoms with Crippen molar-refractivity contribution in [2.75, 3.05) is 49.0 Å². The van der Waals surface area contributed by atoms with Crippen LogP contribution in [0.4, 0.5) is 26.8 Å². The molecule has 0 spiro atoms. The standard InChI is InChI=1S/C21H23ClFNO5.C14H16N6O6S.C11H8ClNO3/c1-2-3-6-9-28-19(25)12-29-18-11-17(16(23)10-15(18)22)24-20(26)13-7-4-5-8-14(13)21(24)27;1-3-26-14-18-11(15-2)16-12(19-14)17-13(23)20-27(24,25)9-7-5-4-6-8(9)10(21)22;12-8-3-4-9(16-6-10(14)15)11-7(8)2-1-5-13-11/h10-11H,2-9,12H2,1H3;4-7H,3H2,1-2H3,(H,21,22)(H3,15,16,17,18,19,20,23);1-5H,6H2,(H,14,15). The molecule has 0 unspecified atom stereocenters. The number of rotatable bonds is 18. The normalized spacial score (nSPS) is 12.9. The van der Waals surface area contributed by atoms with E-state index < -0.39 is 75.3 Å². The highest BCUT2D eigenvalue weighted by Crippen LogP contribution is 2.39. The highest BCUT2D eigenvalue weighted by molar-refractivity contribution is 7.90. The zero-order chi connectivity index (χ0) is 52.5. The fourth-order valence-corrected chi connectivity index (χ4v) is 8.27. The third-order valence-electron chi connectivity index (χ3n) is 9.99. The van der Waals surface area contributed by atoms with E-state index in [0.29, 0.717) is 46.9 Å². The molecule has 26 heteroatoms. The van der Waals surface area contributed by atoms with Crippen LogP contribution in [0, 0.1) is 5.82 Å². The van der Waals surface area contributed by atoms with E-state index in [0.717, 1.165) is 60.6 Å². The van der Waals surface area contributed by atoms with Crippen LogP contribution in [0.25, 0.3) is 10.9 Å². The van der Waals surface area contributed by atoms with Gasteiger partial charge in [-0.25, -0.2) is 41.6 Å². The Morgan fingerprint density at radius 1 is 0.819 bits per heavy atom. The first-order chi connectivity index (χ1) is 34.4. The van der Waals surface area contributed by atoms with Crippen LogP contribution in [-0.2, 0) is 33.9 Å². The average molecular weight is 1060 g/mol. The third-order valence-corrected chi connectivity index (χ3v) is 12.0. The Labute approximate surface area is 420 Å². The molecular weight excluding hydrogens is 1010 g/mol. The summed E-state index contributed by atoms with van der Waals surface area (Å²) in [7, 11) is -2.92. The van der Waals surface area contributed by atoms with E-state index in [1.54, 1.807) is 42.1 Å². The number of aliphatic carboxylic acids is 1. The van der Waals surface area contributed by atoms with E-state index in [2.05, 4.69) is 30.6 Å². The van der Waals surface area contributed by atoms with Crippen LogP contribution in [0.1, 0.15) is 69.2 Å². The van der Waals surface area contributed by atoms with Gasteiger partial charge in [-0.3, -0.25) is 19.9 Å². The highest BCUT2D eigenvalue weighted by Gasteiger charge is 2.41. The van der Waals surface area contributed by atoms with Crippen LogP contribution in [0.3, 0.4) is 0 Å². The minimum absolute atomic E-state index is 0.000883. The summed E-state index contributed by atoms with van der Waals surface area (Å²) in [4.78, 5) is 86.7. The number of carbonyl (C=O) groups excluding carboxylic acids is 4. The Hall–Kier alpha value is -7.70. The number of imide groups is 1. The first kappa shape index (κ1) is 55.2. The maximum Gasteiger partial charge on any atom is 0.344 e. The Morgan fingerprint density at radius 3 is 2.15 bits per heavy atom. The zero-order valence-electron chi connectivity index (χ0n) is 38.7. The smallest absolute Gasteiger partial charge is 0.344 e. The van der Waals surface area contributed by atoms with E-state index in [-0.39, 0.29) is 41.0 Å². The number of aromatic nitrogens is 4. The van der Waals surface area contributed by atoms with Gasteiger partial charge < -0.3 is 34.5 Å². The molecule has 2 aromatic heterocycles. The zero-order valence-corrected chi connectivity index (χ0v) is 41.0. The lowest BCUT2D eigenvalue weighted by Gasteiger charge is -2.18. The largest absolute Gasteiger partial charge is 0.480 e. The van der Waals surface area contributed by atoms with Gasteiger partial charge in [0, 0.05) is 35.8 Å². The number of anilines is 3. The molecule has 7 rings (SSSR count). The number of sulfonamides is 1. The number of nitrogens with zero attached hydrogens (tertiary/aromatic N) is 5. The van der Waals surface area contributed by atoms with E-state index >= 15 is 0 Å². The maximum absolute atomic E-state index is 14.5. The number of urea groups is 1. The summed E-state index contributed by atoms with van der Waals surface area (Å²) in [5.74, 6) is -4.65. The topological polar surface area (TPSA) is 305 Å². The number of carboxylic acid groups (broad SMARTS) is 2. The van der Waals surface area contributed by atoms with Crippen LogP contribution < -0.4 is 34.5 Å². The number of carboxylic acids is 2. The van der Waals surface area contributed by atoms with E-state index in [9.17, 15) is 41.6 Å². The predicted octanol–water partition coefficient (Wildman–Crippen LogP) is 7.21. The number of unbranched alkanes of at least 4 members (excludes halogenated alkanes) is 2. The van der Waals surface area contributed by atoms with Gasteiger partial charge in [0.05, 0.1) is 34.5 Å². The number of hydrogen-bond donors (Lipinski definition) is 5. The van der Waals surface area contributed by atoms with Gasteiger partial charge >= 0.3 is 29.9 Å². The Kier molecular flexibility index (Phi) is 19.9. The molecule has 72 heavy (non-hydrogen) atoms. The molecular formula is C46H47Cl2FN8O14S. The molecule has 22 nitrogen and oxygen atoms in total. The number of amides is 4. The van der Waals surface area contributed by atoms with Crippen molar-refractivity contribution < 1.29 is 70.7 Å². The Balaban J connectivity index is 0.000000209.